The molecule has 1 amide bonds. The molecule has 0 spiro atoms. The second kappa shape index (κ2) is 6.23. The summed E-state index contributed by atoms with van der Waals surface area (Å²) in [6.45, 7) is 3.11. The first kappa shape index (κ1) is 14.8. The Kier molecular flexibility index (Phi) is 4.61. The summed E-state index contributed by atoms with van der Waals surface area (Å²) in [5.74, 6) is -0.427. The summed E-state index contributed by atoms with van der Waals surface area (Å²) < 4.78 is 38.4. The highest BCUT2D eigenvalue weighted by Gasteiger charge is 2.33. The van der Waals surface area contributed by atoms with Crippen LogP contribution >= 0.6 is 0 Å². The normalized spacial score (nSPS) is 16.9. The van der Waals surface area contributed by atoms with E-state index in [9.17, 15) is 18.0 Å². The Bertz CT molecular complexity index is 470. The number of rotatable bonds is 3. The number of para-hydroxylation sites is 1. The third-order valence-electron chi connectivity index (χ3n) is 3.08. The van der Waals surface area contributed by atoms with Crippen LogP contribution in [0.2, 0.25) is 0 Å². The molecule has 110 valence electrons. The quantitative estimate of drug-likeness (QED) is 0.886. The van der Waals surface area contributed by atoms with Crippen LogP contribution in [-0.4, -0.2) is 43.5 Å². The van der Waals surface area contributed by atoms with E-state index in [0.717, 1.165) is 19.2 Å². The van der Waals surface area contributed by atoms with Crippen molar-refractivity contribution in [1.82, 2.24) is 10.2 Å². The first-order chi connectivity index (χ1) is 9.47. The molecule has 2 N–H and O–H groups in total. The Morgan fingerprint density at radius 1 is 1.25 bits per heavy atom. The molecule has 1 saturated heterocycles. The van der Waals surface area contributed by atoms with Crippen LogP contribution < -0.4 is 10.6 Å². The second-order valence-corrected chi connectivity index (χ2v) is 4.62. The summed E-state index contributed by atoms with van der Waals surface area (Å²) in [6, 6.07) is 4.99. The minimum atomic E-state index is -4.47. The Labute approximate surface area is 114 Å². The van der Waals surface area contributed by atoms with E-state index >= 15 is 0 Å². The number of alkyl halides is 3. The molecule has 0 bridgehead atoms. The Morgan fingerprint density at radius 3 is 2.55 bits per heavy atom. The number of piperazine rings is 1. The van der Waals surface area contributed by atoms with Crippen molar-refractivity contribution < 1.29 is 18.0 Å². The maximum Gasteiger partial charge on any atom is 0.418 e. The molecule has 1 aromatic carbocycles. The van der Waals surface area contributed by atoms with Gasteiger partial charge >= 0.3 is 6.18 Å². The molecule has 7 heteroatoms. The molecule has 1 aliphatic rings. The third-order valence-corrected chi connectivity index (χ3v) is 3.08. The Morgan fingerprint density at radius 2 is 1.90 bits per heavy atom. The summed E-state index contributed by atoms with van der Waals surface area (Å²) in [5, 5.41) is 5.49. The zero-order valence-corrected chi connectivity index (χ0v) is 10.8. The summed E-state index contributed by atoms with van der Waals surface area (Å²) in [5.41, 5.74) is -1.02. The molecule has 0 aliphatic carbocycles. The van der Waals surface area contributed by atoms with Crippen LogP contribution in [0.3, 0.4) is 0 Å². The van der Waals surface area contributed by atoms with Gasteiger partial charge in [0.1, 0.15) is 0 Å². The van der Waals surface area contributed by atoms with Gasteiger partial charge in [-0.2, -0.15) is 13.2 Å². The molecule has 0 atom stereocenters. The van der Waals surface area contributed by atoms with Gasteiger partial charge in [-0.05, 0) is 12.1 Å². The molecule has 0 unspecified atom stereocenters. The lowest BCUT2D eigenvalue weighted by molar-refractivity contribution is -0.137. The highest BCUT2D eigenvalue weighted by Crippen LogP contribution is 2.34. The Balaban J connectivity index is 2.00. The maximum atomic E-state index is 12.8. The van der Waals surface area contributed by atoms with E-state index < -0.39 is 17.6 Å². The summed E-state index contributed by atoms with van der Waals surface area (Å²) in [4.78, 5) is 13.7. The Hall–Kier alpha value is -1.60. The molecule has 1 fully saturated rings. The van der Waals surface area contributed by atoms with Gasteiger partial charge in [-0.15, -0.1) is 0 Å². The van der Waals surface area contributed by atoms with E-state index in [1.54, 1.807) is 0 Å². The molecule has 0 radical (unpaired) electrons. The van der Waals surface area contributed by atoms with E-state index in [-0.39, 0.29) is 12.2 Å². The number of anilines is 1. The standard InChI is InChI=1S/C13H16F3N3O/c14-13(15,16)10-3-1-2-4-11(10)18-12(20)9-19-7-5-17-6-8-19/h1-4,17H,5-9H2,(H,18,20). The lowest BCUT2D eigenvalue weighted by atomic mass is 10.1. The van der Waals surface area contributed by atoms with Crippen molar-refractivity contribution in [3.05, 3.63) is 29.8 Å². The number of halogens is 3. The molecule has 1 aliphatic heterocycles. The fraction of sp³-hybridized carbons (Fsp3) is 0.462. The predicted octanol–water partition coefficient (Wildman–Crippen LogP) is 1.55. The van der Waals surface area contributed by atoms with Crippen LogP contribution in [0.4, 0.5) is 18.9 Å². The van der Waals surface area contributed by atoms with Gasteiger partial charge < -0.3 is 10.6 Å². The highest BCUT2D eigenvalue weighted by molar-refractivity contribution is 5.93. The summed E-state index contributed by atoms with van der Waals surface area (Å²) in [6.07, 6.45) is -4.47. The molecule has 1 heterocycles. The van der Waals surface area contributed by atoms with E-state index in [1.807, 2.05) is 4.90 Å². The molecule has 20 heavy (non-hydrogen) atoms. The number of amides is 1. The number of carbonyl (C=O) groups is 1. The fourth-order valence-corrected chi connectivity index (χ4v) is 2.10. The van der Waals surface area contributed by atoms with E-state index in [1.165, 1.54) is 18.2 Å². The number of hydrogen-bond acceptors (Lipinski definition) is 3. The molecule has 2 rings (SSSR count). The highest BCUT2D eigenvalue weighted by atomic mass is 19.4. The van der Waals surface area contributed by atoms with Gasteiger partial charge in [0, 0.05) is 26.2 Å². The molecular formula is C13H16F3N3O. The summed E-state index contributed by atoms with van der Waals surface area (Å²) in [7, 11) is 0. The van der Waals surface area contributed by atoms with Crippen molar-refractivity contribution in [2.45, 2.75) is 6.18 Å². The number of carbonyl (C=O) groups excluding carboxylic acids is 1. The number of benzene rings is 1. The zero-order chi connectivity index (χ0) is 14.6. The van der Waals surface area contributed by atoms with Crippen molar-refractivity contribution in [1.29, 1.82) is 0 Å². The monoisotopic (exact) mass is 287 g/mol. The predicted molar refractivity (Wildman–Crippen MR) is 69.4 cm³/mol. The lowest BCUT2D eigenvalue weighted by Gasteiger charge is -2.26. The average Bonchev–Trinajstić information content (AvgIpc) is 2.39. The van der Waals surface area contributed by atoms with Crippen LogP contribution in [-0.2, 0) is 11.0 Å². The maximum absolute atomic E-state index is 12.8. The molecule has 1 aromatic rings. The van der Waals surface area contributed by atoms with Crippen LogP contribution in [0.5, 0.6) is 0 Å². The lowest BCUT2D eigenvalue weighted by Crippen LogP contribution is -2.46. The zero-order valence-electron chi connectivity index (χ0n) is 10.8. The van der Waals surface area contributed by atoms with Crippen LogP contribution in [0.15, 0.2) is 24.3 Å². The van der Waals surface area contributed by atoms with Gasteiger partial charge in [0.25, 0.3) is 0 Å². The van der Waals surface area contributed by atoms with Crippen molar-refractivity contribution in [3.63, 3.8) is 0 Å². The van der Waals surface area contributed by atoms with Crippen molar-refractivity contribution >= 4 is 11.6 Å². The third kappa shape index (κ3) is 3.94. The van der Waals surface area contributed by atoms with E-state index in [2.05, 4.69) is 10.6 Å². The van der Waals surface area contributed by atoms with Crippen LogP contribution in [0, 0.1) is 0 Å². The fourth-order valence-electron chi connectivity index (χ4n) is 2.10. The van der Waals surface area contributed by atoms with Crippen molar-refractivity contribution in [2.24, 2.45) is 0 Å². The van der Waals surface area contributed by atoms with E-state index in [4.69, 9.17) is 0 Å². The number of nitrogens with zero attached hydrogens (tertiary/aromatic N) is 1. The van der Waals surface area contributed by atoms with Crippen molar-refractivity contribution in [2.75, 3.05) is 38.0 Å². The number of hydrogen-bond donors (Lipinski definition) is 2. The van der Waals surface area contributed by atoms with Gasteiger partial charge in [-0.25, -0.2) is 0 Å². The van der Waals surface area contributed by atoms with Crippen LogP contribution in [0.1, 0.15) is 5.56 Å². The smallest absolute Gasteiger partial charge is 0.324 e. The largest absolute Gasteiger partial charge is 0.418 e. The van der Waals surface area contributed by atoms with Crippen LogP contribution in [0.25, 0.3) is 0 Å². The van der Waals surface area contributed by atoms with Gasteiger partial charge in [-0.1, -0.05) is 12.1 Å². The second-order valence-electron chi connectivity index (χ2n) is 4.62. The van der Waals surface area contributed by atoms with Gasteiger partial charge in [0.15, 0.2) is 0 Å². The average molecular weight is 287 g/mol. The first-order valence-corrected chi connectivity index (χ1v) is 6.36. The minimum Gasteiger partial charge on any atom is -0.324 e. The molecule has 4 nitrogen and oxygen atoms in total. The molecule has 0 saturated carbocycles. The van der Waals surface area contributed by atoms with Gasteiger partial charge in [0.05, 0.1) is 17.8 Å². The first-order valence-electron chi connectivity index (χ1n) is 6.36. The SMILES string of the molecule is O=C(CN1CCNCC1)Nc1ccccc1C(F)(F)F. The minimum absolute atomic E-state index is 0.105. The topological polar surface area (TPSA) is 44.4 Å². The molecular weight excluding hydrogens is 271 g/mol. The van der Waals surface area contributed by atoms with Crippen molar-refractivity contribution in [3.8, 4) is 0 Å². The summed E-state index contributed by atoms with van der Waals surface area (Å²) >= 11 is 0. The van der Waals surface area contributed by atoms with E-state index in [0.29, 0.717) is 13.1 Å². The van der Waals surface area contributed by atoms with Gasteiger partial charge in [0.2, 0.25) is 5.91 Å². The number of nitrogens with one attached hydrogen (secondary N) is 2. The molecule has 0 aromatic heterocycles. The van der Waals surface area contributed by atoms with Gasteiger partial charge in [-0.3, -0.25) is 9.69 Å².